The number of nitrogens with one attached hydrogen (secondary N) is 2. The van der Waals surface area contributed by atoms with E-state index in [1.807, 2.05) is 12.1 Å². The summed E-state index contributed by atoms with van der Waals surface area (Å²) < 4.78 is 0.816. The molecular formula is C21H22BrN3O2. The number of amides is 2. The Bertz CT molecular complexity index is 889. The smallest absolute Gasteiger partial charge is 0.260 e. The van der Waals surface area contributed by atoms with Crippen LogP contribution in [0.3, 0.4) is 0 Å². The van der Waals surface area contributed by atoms with Gasteiger partial charge in [0.15, 0.2) is 0 Å². The molecule has 0 radical (unpaired) electrons. The average molecular weight is 428 g/mol. The number of benzene rings is 2. The Kier molecular flexibility index (Phi) is 6.08. The highest BCUT2D eigenvalue weighted by atomic mass is 79.9. The maximum atomic E-state index is 12.3. The van der Waals surface area contributed by atoms with E-state index in [0.717, 1.165) is 29.5 Å². The Morgan fingerprint density at radius 1 is 1.04 bits per heavy atom. The number of nitrogens with zero attached hydrogens (tertiary/aromatic N) is 1. The number of aryl methyl sites for hydroxylation is 1. The van der Waals surface area contributed by atoms with Crippen LogP contribution in [0.15, 0.2) is 53.1 Å². The average Bonchev–Trinajstić information content (AvgIpc) is 2.62. The molecule has 0 atom stereocenters. The first-order chi connectivity index (χ1) is 12.9. The van der Waals surface area contributed by atoms with Gasteiger partial charge in [0.05, 0.1) is 5.57 Å². The van der Waals surface area contributed by atoms with E-state index in [-0.39, 0.29) is 5.91 Å². The molecule has 0 bridgehead atoms. The van der Waals surface area contributed by atoms with Crippen LogP contribution in [0.25, 0.3) is 5.57 Å². The standard InChI is InChI=1S/C21H22BrN3O2/c1-25(2)11-3-4-14-5-8-16(9-6-14)23-13-19-18-12-15(22)7-10-17(18)20(26)24-21(19)27/h5-10,12-13,23H,3-4,11H2,1-2H3,(H,24,26,27). The minimum atomic E-state index is -0.404. The zero-order valence-electron chi connectivity index (χ0n) is 15.4. The number of rotatable bonds is 6. The number of hydrogen-bond donors (Lipinski definition) is 2. The minimum Gasteiger partial charge on any atom is -0.361 e. The Morgan fingerprint density at radius 2 is 1.78 bits per heavy atom. The van der Waals surface area contributed by atoms with Gasteiger partial charge in [0.1, 0.15) is 0 Å². The van der Waals surface area contributed by atoms with Gasteiger partial charge in [-0.25, -0.2) is 0 Å². The van der Waals surface area contributed by atoms with Crippen molar-refractivity contribution in [3.8, 4) is 0 Å². The Hall–Kier alpha value is -2.44. The lowest BCUT2D eigenvalue weighted by atomic mass is 9.95. The molecule has 2 aromatic rings. The summed E-state index contributed by atoms with van der Waals surface area (Å²) >= 11 is 3.40. The van der Waals surface area contributed by atoms with Crippen molar-refractivity contribution in [1.82, 2.24) is 10.2 Å². The summed E-state index contributed by atoms with van der Waals surface area (Å²) in [7, 11) is 4.15. The van der Waals surface area contributed by atoms with Gasteiger partial charge in [-0.05, 0) is 69.4 Å². The van der Waals surface area contributed by atoms with Crippen LogP contribution in [-0.2, 0) is 11.2 Å². The fraction of sp³-hybridized carbons (Fsp3) is 0.238. The van der Waals surface area contributed by atoms with Crippen LogP contribution in [0.2, 0.25) is 0 Å². The maximum absolute atomic E-state index is 12.3. The Labute approximate surface area is 167 Å². The van der Waals surface area contributed by atoms with Gasteiger partial charge >= 0.3 is 0 Å². The third-order valence-corrected chi connectivity index (χ3v) is 4.89. The second-order valence-corrected chi connectivity index (χ2v) is 7.69. The molecule has 0 spiro atoms. The Balaban J connectivity index is 1.74. The number of carbonyl (C=O) groups excluding carboxylic acids is 2. The molecule has 1 aliphatic rings. The molecule has 0 aliphatic carbocycles. The molecule has 1 aliphatic heterocycles. The van der Waals surface area contributed by atoms with Crippen LogP contribution in [0.5, 0.6) is 0 Å². The van der Waals surface area contributed by atoms with Gasteiger partial charge in [0, 0.05) is 27.5 Å². The molecule has 2 amide bonds. The molecule has 3 rings (SSSR count). The van der Waals surface area contributed by atoms with Crippen molar-refractivity contribution < 1.29 is 9.59 Å². The predicted octanol–water partition coefficient (Wildman–Crippen LogP) is 3.67. The fourth-order valence-corrected chi connectivity index (χ4v) is 3.32. The van der Waals surface area contributed by atoms with Crippen molar-refractivity contribution in [2.45, 2.75) is 12.8 Å². The highest BCUT2D eigenvalue weighted by Crippen LogP contribution is 2.27. The zero-order valence-corrected chi connectivity index (χ0v) is 17.0. The largest absolute Gasteiger partial charge is 0.361 e. The summed E-state index contributed by atoms with van der Waals surface area (Å²) in [6.07, 6.45) is 3.79. The fourth-order valence-electron chi connectivity index (χ4n) is 2.96. The number of anilines is 1. The van der Waals surface area contributed by atoms with Crippen LogP contribution in [-0.4, -0.2) is 37.4 Å². The van der Waals surface area contributed by atoms with Gasteiger partial charge in [0.2, 0.25) is 0 Å². The first kappa shape index (κ1) is 19.3. The zero-order chi connectivity index (χ0) is 19.4. The topological polar surface area (TPSA) is 61.4 Å². The Morgan fingerprint density at radius 3 is 2.48 bits per heavy atom. The van der Waals surface area contributed by atoms with E-state index in [0.29, 0.717) is 16.7 Å². The molecular weight excluding hydrogens is 406 g/mol. The van der Waals surface area contributed by atoms with Gasteiger partial charge in [-0.15, -0.1) is 0 Å². The van der Waals surface area contributed by atoms with Crippen molar-refractivity contribution in [1.29, 1.82) is 0 Å². The molecule has 27 heavy (non-hydrogen) atoms. The lowest BCUT2D eigenvalue weighted by molar-refractivity contribution is -0.114. The van der Waals surface area contributed by atoms with E-state index < -0.39 is 5.91 Å². The third kappa shape index (κ3) is 4.84. The normalized spacial score (nSPS) is 15.0. The molecule has 6 heteroatoms. The van der Waals surface area contributed by atoms with Crippen LogP contribution in [0.1, 0.15) is 27.9 Å². The summed E-state index contributed by atoms with van der Waals surface area (Å²) in [5, 5.41) is 5.54. The number of halogens is 1. The monoisotopic (exact) mass is 427 g/mol. The summed E-state index contributed by atoms with van der Waals surface area (Å²) in [4.78, 5) is 26.4. The van der Waals surface area contributed by atoms with Gasteiger partial charge in [-0.1, -0.05) is 28.1 Å². The molecule has 1 heterocycles. The van der Waals surface area contributed by atoms with Crippen molar-refractivity contribution in [3.63, 3.8) is 0 Å². The van der Waals surface area contributed by atoms with Crippen LogP contribution < -0.4 is 10.6 Å². The van der Waals surface area contributed by atoms with Crippen LogP contribution in [0.4, 0.5) is 5.69 Å². The molecule has 2 N–H and O–H groups in total. The molecule has 2 aromatic carbocycles. The second-order valence-electron chi connectivity index (χ2n) is 6.78. The predicted molar refractivity (Wildman–Crippen MR) is 112 cm³/mol. The summed E-state index contributed by atoms with van der Waals surface area (Å²) in [6, 6.07) is 13.4. The molecule has 5 nitrogen and oxygen atoms in total. The minimum absolute atomic E-state index is 0.373. The number of carbonyl (C=O) groups is 2. The number of imide groups is 1. The van der Waals surface area contributed by atoms with E-state index in [1.165, 1.54) is 5.56 Å². The van der Waals surface area contributed by atoms with E-state index in [9.17, 15) is 9.59 Å². The molecule has 140 valence electrons. The van der Waals surface area contributed by atoms with Crippen LogP contribution >= 0.6 is 15.9 Å². The van der Waals surface area contributed by atoms with Gasteiger partial charge in [-0.3, -0.25) is 14.9 Å². The first-order valence-corrected chi connectivity index (χ1v) is 9.59. The lowest BCUT2D eigenvalue weighted by Crippen LogP contribution is -2.36. The van der Waals surface area contributed by atoms with Crippen molar-refractivity contribution in [3.05, 3.63) is 69.8 Å². The summed E-state index contributed by atoms with van der Waals surface area (Å²) in [5.74, 6) is -0.778. The molecule has 0 saturated carbocycles. The highest BCUT2D eigenvalue weighted by Gasteiger charge is 2.27. The van der Waals surface area contributed by atoms with Gasteiger partial charge < -0.3 is 10.2 Å². The van der Waals surface area contributed by atoms with Crippen molar-refractivity contribution >= 4 is 39.0 Å². The lowest BCUT2D eigenvalue weighted by Gasteiger charge is -2.18. The van der Waals surface area contributed by atoms with E-state index in [2.05, 4.69) is 57.7 Å². The second kappa shape index (κ2) is 8.50. The number of fused-ring (bicyclic) bond motifs is 1. The third-order valence-electron chi connectivity index (χ3n) is 4.40. The van der Waals surface area contributed by atoms with Crippen molar-refractivity contribution in [2.75, 3.05) is 26.0 Å². The molecule has 0 fully saturated rings. The molecule has 0 aromatic heterocycles. The van der Waals surface area contributed by atoms with E-state index in [1.54, 1.807) is 24.4 Å². The quantitative estimate of drug-likeness (QED) is 0.545. The SMILES string of the molecule is CN(C)CCCc1ccc(NC=C2C(=O)NC(=O)c3ccc(Br)cc32)cc1. The van der Waals surface area contributed by atoms with Gasteiger partial charge in [0.25, 0.3) is 11.8 Å². The van der Waals surface area contributed by atoms with Crippen LogP contribution in [0, 0.1) is 0 Å². The highest BCUT2D eigenvalue weighted by molar-refractivity contribution is 9.10. The maximum Gasteiger partial charge on any atom is 0.260 e. The first-order valence-electron chi connectivity index (χ1n) is 8.80. The molecule has 0 saturated heterocycles. The van der Waals surface area contributed by atoms with Gasteiger partial charge in [-0.2, -0.15) is 0 Å². The summed E-state index contributed by atoms with van der Waals surface area (Å²) in [5.41, 5.74) is 3.71. The summed E-state index contributed by atoms with van der Waals surface area (Å²) in [6.45, 7) is 1.06. The van der Waals surface area contributed by atoms with Crippen molar-refractivity contribution in [2.24, 2.45) is 0 Å². The van der Waals surface area contributed by atoms with E-state index in [4.69, 9.17) is 0 Å². The van der Waals surface area contributed by atoms with E-state index >= 15 is 0 Å². The number of hydrogen-bond acceptors (Lipinski definition) is 4. The molecule has 0 unspecified atom stereocenters.